The van der Waals surface area contributed by atoms with Gasteiger partial charge >= 0.3 is 0 Å². The highest BCUT2D eigenvalue weighted by molar-refractivity contribution is 5.94. The summed E-state index contributed by atoms with van der Waals surface area (Å²) in [6.45, 7) is 0.379. The lowest BCUT2D eigenvalue weighted by molar-refractivity contribution is 0.0953. The molecule has 128 valence electrons. The molecule has 0 spiro atoms. The molecule has 0 radical (unpaired) electrons. The van der Waals surface area contributed by atoms with E-state index in [-0.39, 0.29) is 5.91 Å². The van der Waals surface area contributed by atoms with Crippen LogP contribution in [0.4, 0.5) is 4.39 Å². The summed E-state index contributed by atoms with van der Waals surface area (Å²) in [5, 5.41) is 2.73. The number of nitrogens with zero attached hydrogens (tertiary/aromatic N) is 1. The SMILES string of the molecule is COc1ccc(-c2nc(CCNC(=O)c3cccc(F)c3)co2)cc1. The number of carbonyl (C=O) groups is 1. The Morgan fingerprint density at radius 1 is 1.24 bits per heavy atom. The van der Waals surface area contributed by atoms with Gasteiger partial charge < -0.3 is 14.5 Å². The maximum absolute atomic E-state index is 13.1. The first-order valence-electron chi connectivity index (χ1n) is 7.78. The van der Waals surface area contributed by atoms with E-state index in [1.54, 1.807) is 19.4 Å². The van der Waals surface area contributed by atoms with Crippen LogP contribution in [0.15, 0.2) is 59.2 Å². The number of rotatable bonds is 6. The van der Waals surface area contributed by atoms with E-state index in [4.69, 9.17) is 9.15 Å². The van der Waals surface area contributed by atoms with Gasteiger partial charge in [-0.15, -0.1) is 0 Å². The van der Waals surface area contributed by atoms with Gasteiger partial charge in [-0.1, -0.05) is 6.07 Å². The molecule has 5 nitrogen and oxygen atoms in total. The van der Waals surface area contributed by atoms with Crippen molar-refractivity contribution in [3.8, 4) is 17.2 Å². The second-order valence-electron chi connectivity index (χ2n) is 5.39. The molecular formula is C19H17FN2O3. The van der Waals surface area contributed by atoms with Crippen molar-refractivity contribution in [3.63, 3.8) is 0 Å². The van der Waals surface area contributed by atoms with E-state index in [0.717, 1.165) is 17.0 Å². The Balaban J connectivity index is 1.55. The molecule has 0 aliphatic carbocycles. The lowest BCUT2D eigenvalue weighted by Crippen LogP contribution is -2.25. The second-order valence-corrected chi connectivity index (χ2v) is 5.39. The van der Waals surface area contributed by atoms with Crippen LogP contribution in [-0.4, -0.2) is 24.5 Å². The molecule has 1 heterocycles. The van der Waals surface area contributed by atoms with Crippen LogP contribution in [0, 0.1) is 5.82 Å². The maximum atomic E-state index is 13.1. The molecule has 0 fully saturated rings. The smallest absolute Gasteiger partial charge is 0.251 e. The number of hydrogen-bond acceptors (Lipinski definition) is 4. The highest BCUT2D eigenvalue weighted by Crippen LogP contribution is 2.21. The fourth-order valence-electron chi connectivity index (χ4n) is 2.32. The monoisotopic (exact) mass is 340 g/mol. The highest BCUT2D eigenvalue weighted by atomic mass is 19.1. The maximum Gasteiger partial charge on any atom is 0.251 e. The first-order chi connectivity index (χ1) is 12.2. The molecule has 1 N–H and O–H groups in total. The number of hydrogen-bond donors (Lipinski definition) is 1. The van der Waals surface area contributed by atoms with Gasteiger partial charge in [-0.25, -0.2) is 9.37 Å². The minimum atomic E-state index is -0.437. The summed E-state index contributed by atoms with van der Waals surface area (Å²) in [4.78, 5) is 16.3. The zero-order chi connectivity index (χ0) is 17.6. The molecule has 3 rings (SSSR count). The Bertz CT molecular complexity index is 859. The number of carbonyl (C=O) groups excluding carboxylic acids is 1. The van der Waals surface area contributed by atoms with Gasteiger partial charge in [0.15, 0.2) is 0 Å². The van der Waals surface area contributed by atoms with Crippen molar-refractivity contribution >= 4 is 5.91 Å². The van der Waals surface area contributed by atoms with E-state index in [2.05, 4.69) is 10.3 Å². The zero-order valence-corrected chi connectivity index (χ0v) is 13.7. The van der Waals surface area contributed by atoms with Crippen molar-refractivity contribution in [1.82, 2.24) is 10.3 Å². The van der Waals surface area contributed by atoms with Gasteiger partial charge in [0.2, 0.25) is 5.89 Å². The molecule has 3 aromatic rings. The summed E-state index contributed by atoms with van der Waals surface area (Å²) < 4.78 is 23.7. The second kappa shape index (κ2) is 7.61. The Hall–Kier alpha value is -3.15. The molecule has 0 aliphatic rings. The third-order valence-corrected chi connectivity index (χ3v) is 3.64. The number of amides is 1. The minimum absolute atomic E-state index is 0.291. The topological polar surface area (TPSA) is 64.4 Å². The number of halogens is 1. The summed E-state index contributed by atoms with van der Waals surface area (Å²) in [6.07, 6.45) is 2.08. The summed E-state index contributed by atoms with van der Waals surface area (Å²) >= 11 is 0. The van der Waals surface area contributed by atoms with Gasteiger partial charge in [-0.3, -0.25) is 4.79 Å². The molecular weight excluding hydrogens is 323 g/mol. The van der Waals surface area contributed by atoms with Gasteiger partial charge in [0.25, 0.3) is 5.91 Å². The van der Waals surface area contributed by atoms with E-state index in [1.165, 1.54) is 18.2 Å². The van der Waals surface area contributed by atoms with Crippen molar-refractivity contribution in [2.45, 2.75) is 6.42 Å². The predicted octanol–water partition coefficient (Wildman–Crippen LogP) is 3.46. The zero-order valence-electron chi connectivity index (χ0n) is 13.7. The van der Waals surface area contributed by atoms with E-state index in [0.29, 0.717) is 24.4 Å². The number of methoxy groups -OCH3 is 1. The molecule has 0 bridgehead atoms. The van der Waals surface area contributed by atoms with Crippen LogP contribution in [0.25, 0.3) is 11.5 Å². The summed E-state index contributed by atoms with van der Waals surface area (Å²) in [7, 11) is 1.61. The van der Waals surface area contributed by atoms with E-state index in [1.807, 2.05) is 24.3 Å². The number of oxazole rings is 1. The molecule has 0 atom stereocenters. The van der Waals surface area contributed by atoms with E-state index >= 15 is 0 Å². The average molecular weight is 340 g/mol. The van der Waals surface area contributed by atoms with Crippen LogP contribution >= 0.6 is 0 Å². The van der Waals surface area contributed by atoms with E-state index in [9.17, 15) is 9.18 Å². The number of aromatic nitrogens is 1. The van der Waals surface area contributed by atoms with E-state index < -0.39 is 5.82 Å². The lowest BCUT2D eigenvalue weighted by atomic mass is 10.2. The quantitative estimate of drug-likeness (QED) is 0.746. The van der Waals surface area contributed by atoms with Crippen molar-refractivity contribution in [1.29, 1.82) is 0 Å². The number of benzene rings is 2. The Morgan fingerprint density at radius 2 is 2.04 bits per heavy atom. The molecule has 2 aromatic carbocycles. The van der Waals surface area contributed by atoms with Gasteiger partial charge in [0.1, 0.15) is 17.8 Å². The van der Waals surface area contributed by atoms with Crippen LogP contribution in [0.2, 0.25) is 0 Å². The molecule has 1 amide bonds. The van der Waals surface area contributed by atoms with Crippen molar-refractivity contribution in [2.75, 3.05) is 13.7 Å². The summed E-state index contributed by atoms with van der Waals surface area (Å²) in [5.41, 5.74) is 1.86. The third-order valence-electron chi connectivity index (χ3n) is 3.64. The fourth-order valence-corrected chi connectivity index (χ4v) is 2.32. The highest BCUT2D eigenvalue weighted by Gasteiger charge is 2.09. The molecule has 0 aliphatic heterocycles. The summed E-state index contributed by atoms with van der Waals surface area (Å²) in [6, 6.07) is 13.0. The van der Waals surface area contributed by atoms with Crippen LogP contribution in [0.5, 0.6) is 5.75 Å². The van der Waals surface area contributed by atoms with Gasteiger partial charge in [-0.05, 0) is 42.5 Å². The first kappa shape index (κ1) is 16.7. The summed E-state index contributed by atoms with van der Waals surface area (Å²) in [5.74, 6) is 0.511. The molecule has 0 unspecified atom stereocenters. The Labute approximate surface area is 144 Å². The van der Waals surface area contributed by atoms with Crippen LogP contribution in [-0.2, 0) is 6.42 Å². The van der Waals surface area contributed by atoms with Crippen molar-refractivity contribution < 1.29 is 18.3 Å². The standard InChI is InChI=1S/C19H17FN2O3/c1-24-17-7-5-13(6-8-17)19-22-16(12-25-19)9-10-21-18(23)14-3-2-4-15(20)11-14/h2-8,11-12H,9-10H2,1H3,(H,21,23). The van der Waals surface area contributed by atoms with Gasteiger partial charge in [0.05, 0.1) is 12.8 Å². The van der Waals surface area contributed by atoms with Crippen LogP contribution < -0.4 is 10.1 Å². The third kappa shape index (κ3) is 4.23. The largest absolute Gasteiger partial charge is 0.497 e. The van der Waals surface area contributed by atoms with Crippen LogP contribution in [0.3, 0.4) is 0 Å². The first-order valence-corrected chi connectivity index (χ1v) is 7.78. The van der Waals surface area contributed by atoms with Crippen molar-refractivity contribution in [3.05, 3.63) is 71.9 Å². The van der Waals surface area contributed by atoms with Gasteiger partial charge in [-0.2, -0.15) is 0 Å². The molecule has 0 saturated heterocycles. The normalized spacial score (nSPS) is 10.5. The predicted molar refractivity (Wildman–Crippen MR) is 90.9 cm³/mol. The van der Waals surface area contributed by atoms with Crippen LogP contribution in [0.1, 0.15) is 16.1 Å². The Morgan fingerprint density at radius 3 is 2.76 bits per heavy atom. The minimum Gasteiger partial charge on any atom is -0.497 e. The average Bonchev–Trinajstić information content (AvgIpc) is 3.10. The molecule has 6 heteroatoms. The lowest BCUT2D eigenvalue weighted by Gasteiger charge is -2.03. The number of ether oxygens (including phenoxy) is 1. The molecule has 1 aromatic heterocycles. The number of nitrogens with one attached hydrogen (secondary N) is 1. The fraction of sp³-hybridized carbons (Fsp3) is 0.158. The Kier molecular flexibility index (Phi) is 5.09. The van der Waals surface area contributed by atoms with Crippen molar-refractivity contribution in [2.24, 2.45) is 0 Å². The molecule has 0 saturated carbocycles. The molecule has 25 heavy (non-hydrogen) atoms. The van der Waals surface area contributed by atoms with Gasteiger partial charge in [0, 0.05) is 24.1 Å².